The number of H-pyrrole nitrogens is 1. The summed E-state index contributed by atoms with van der Waals surface area (Å²) in [4.78, 5) is 7.68. The van der Waals surface area contributed by atoms with Crippen molar-refractivity contribution >= 4 is 32.5 Å². The number of para-hydroxylation sites is 1. The number of fused-ring (bicyclic) bond motifs is 2. The van der Waals surface area contributed by atoms with Crippen molar-refractivity contribution in [2.45, 2.75) is 6.92 Å². The maximum absolute atomic E-state index is 4.68. The smallest absolute Gasteiger partial charge is 0.154 e. The number of nitrogens with one attached hydrogen (secondary N) is 1. The third-order valence-corrected chi connectivity index (χ3v) is 4.01. The Labute approximate surface area is 123 Å². The van der Waals surface area contributed by atoms with E-state index in [9.17, 15) is 0 Å². The second kappa shape index (κ2) is 4.18. The van der Waals surface area contributed by atoms with Crippen molar-refractivity contribution in [3.63, 3.8) is 0 Å². The molecule has 0 fully saturated rings. The first kappa shape index (κ1) is 11.7. The van der Waals surface area contributed by atoms with Crippen LogP contribution in [0, 0.1) is 6.92 Å². The van der Waals surface area contributed by atoms with Crippen LogP contribution >= 0.6 is 15.9 Å². The molecule has 3 aromatic heterocycles. The number of rotatable bonds is 1. The Bertz CT molecular complexity index is 936. The zero-order valence-corrected chi connectivity index (χ0v) is 12.3. The van der Waals surface area contributed by atoms with Crippen LogP contribution in [-0.2, 0) is 0 Å². The van der Waals surface area contributed by atoms with E-state index in [0.29, 0.717) is 0 Å². The number of aromatic nitrogens is 4. The van der Waals surface area contributed by atoms with Crippen LogP contribution in [0.4, 0.5) is 0 Å². The van der Waals surface area contributed by atoms with E-state index >= 15 is 0 Å². The number of halogens is 1. The summed E-state index contributed by atoms with van der Waals surface area (Å²) < 4.78 is 2.66. The van der Waals surface area contributed by atoms with E-state index in [1.165, 1.54) is 5.39 Å². The zero-order chi connectivity index (χ0) is 13.7. The van der Waals surface area contributed by atoms with E-state index < -0.39 is 0 Å². The molecule has 0 aliphatic heterocycles. The van der Waals surface area contributed by atoms with Gasteiger partial charge in [0.05, 0.1) is 11.9 Å². The molecule has 0 atom stereocenters. The summed E-state index contributed by atoms with van der Waals surface area (Å²) in [7, 11) is 0. The van der Waals surface area contributed by atoms with Gasteiger partial charge in [-0.3, -0.25) is 0 Å². The highest BCUT2D eigenvalue weighted by Gasteiger charge is 2.12. The first-order valence-electron chi connectivity index (χ1n) is 6.32. The third-order valence-electron chi connectivity index (χ3n) is 3.47. The molecule has 0 unspecified atom stereocenters. The second-order valence-electron chi connectivity index (χ2n) is 4.74. The maximum atomic E-state index is 4.68. The number of benzene rings is 1. The minimum atomic E-state index is 0.832. The first-order chi connectivity index (χ1) is 9.74. The van der Waals surface area contributed by atoms with Gasteiger partial charge in [-0.05, 0) is 41.1 Å². The summed E-state index contributed by atoms with van der Waals surface area (Å²) in [5.74, 6) is 0. The fraction of sp³-hybridized carbons (Fsp3) is 0.0667. The highest BCUT2D eigenvalue weighted by molar-refractivity contribution is 9.10. The molecule has 0 saturated heterocycles. The molecule has 5 heteroatoms. The van der Waals surface area contributed by atoms with Crippen molar-refractivity contribution < 1.29 is 0 Å². The van der Waals surface area contributed by atoms with Crippen LogP contribution in [0.5, 0.6) is 0 Å². The molecule has 0 aliphatic rings. The number of aryl methyl sites for hydroxylation is 1. The SMILES string of the molecule is Cc1[nH]c2ccccc2c1-c1ccc2ncc(Br)n2n1. The Morgan fingerprint density at radius 1 is 1.15 bits per heavy atom. The summed E-state index contributed by atoms with van der Waals surface area (Å²) >= 11 is 3.46. The minimum Gasteiger partial charge on any atom is -0.358 e. The lowest BCUT2D eigenvalue weighted by atomic mass is 10.1. The van der Waals surface area contributed by atoms with Crippen LogP contribution in [0.2, 0.25) is 0 Å². The quantitative estimate of drug-likeness (QED) is 0.575. The highest BCUT2D eigenvalue weighted by Crippen LogP contribution is 2.31. The molecule has 4 nitrogen and oxygen atoms in total. The topological polar surface area (TPSA) is 46.0 Å². The van der Waals surface area contributed by atoms with Crippen molar-refractivity contribution in [1.29, 1.82) is 0 Å². The molecule has 0 spiro atoms. The van der Waals surface area contributed by atoms with Crippen LogP contribution < -0.4 is 0 Å². The summed E-state index contributed by atoms with van der Waals surface area (Å²) in [6.45, 7) is 2.07. The summed E-state index contributed by atoms with van der Waals surface area (Å²) in [6, 6.07) is 12.3. The van der Waals surface area contributed by atoms with Crippen molar-refractivity contribution in [2.75, 3.05) is 0 Å². The van der Waals surface area contributed by atoms with Gasteiger partial charge in [0.2, 0.25) is 0 Å². The van der Waals surface area contributed by atoms with Crippen molar-refractivity contribution in [3.8, 4) is 11.3 Å². The Morgan fingerprint density at radius 3 is 2.90 bits per heavy atom. The molecule has 0 aliphatic carbocycles. The Kier molecular flexibility index (Phi) is 2.44. The monoisotopic (exact) mass is 326 g/mol. The molecule has 3 heterocycles. The number of imidazole rings is 1. The molecule has 1 N–H and O–H groups in total. The first-order valence-corrected chi connectivity index (χ1v) is 7.11. The zero-order valence-electron chi connectivity index (χ0n) is 10.8. The lowest BCUT2D eigenvalue weighted by molar-refractivity contribution is 0.922. The Balaban J connectivity index is 2.05. The molecule has 4 aromatic rings. The van der Waals surface area contributed by atoms with Gasteiger partial charge >= 0.3 is 0 Å². The highest BCUT2D eigenvalue weighted by atomic mass is 79.9. The molecular weight excluding hydrogens is 316 g/mol. The van der Waals surface area contributed by atoms with E-state index in [1.807, 2.05) is 24.3 Å². The predicted molar refractivity (Wildman–Crippen MR) is 82.7 cm³/mol. The maximum Gasteiger partial charge on any atom is 0.154 e. The normalized spacial score (nSPS) is 11.5. The number of aromatic amines is 1. The average molecular weight is 327 g/mol. The molecule has 20 heavy (non-hydrogen) atoms. The van der Waals surface area contributed by atoms with E-state index in [1.54, 1.807) is 10.7 Å². The Morgan fingerprint density at radius 2 is 2.00 bits per heavy atom. The fourth-order valence-corrected chi connectivity index (χ4v) is 2.95. The second-order valence-corrected chi connectivity index (χ2v) is 5.55. The lowest BCUT2D eigenvalue weighted by Gasteiger charge is -2.02. The molecule has 4 rings (SSSR count). The van der Waals surface area contributed by atoms with E-state index in [0.717, 1.165) is 32.7 Å². The molecule has 1 aromatic carbocycles. The Hall–Kier alpha value is -2.14. The molecule has 0 bridgehead atoms. The number of hydrogen-bond donors (Lipinski definition) is 1. The van der Waals surface area contributed by atoms with E-state index in [-0.39, 0.29) is 0 Å². The van der Waals surface area contributed by atoms with Gasteiger partial charge in [-0.15, -0.1) is 0 Å². The number of nitrogens with zero attached hydrogens (tertiary/aromatic N) is 3. The standard InChI is InChI=1S/C15H11BrN4/c1-9-15(10-4-2-3-5-11(10)18-9)12-6-7-14-17-8-13(16)20(14)19-12/h2-8,18H,1H3. The van der Waals surface area contributed by atoms with Gasteiger partial charge in [-0.25, -0.2) is 9.50 Å². The van der Waals surface area contributed by atoms with Gasteiger partial charge in [0.1, 0.15) is 4.60 Å². The molecule has 0 amide bonds. The van der Waals surface area contributed by atoms with E-state index in [4.69, 9.17) is 0 Å². The van der Waals surface area contributed by atoms with Crippen LogP contribution in [0.15, 0.2) is 47.2 Å². The van der Waals surface area contributed by atoms with Gasteiger partial charge in [-0.1, -0.05) is 18.2 Å². The van der Waals surface area contributed by atoms with Crippen molar-refractivity contribution in [1.82, 2.24) is 19.6 Å². The third kappa shape index (κ3) is 1.59. The lowest BCUT2D eigenvalue weighted by Crippen LogP contribution is -1.95. The van der Waals surface area contributed by atoms with Crippen LogP contribution in [0.3, 0.4) is 0 Å². The van der Waals surface area contributed by atoms with Crippen LogP contribution in [0.25, 0.3) is 27.8 Å². The molecule has 98 valence electrons. The summed E-state index contributed by atoms with van der Waals surface area (Å²) in [5, 5.41) is 5.86. The molecular formula is C15H11BrN4. The predicted octanol–water partition coefficient (Wildman–Crippen LogP) is 3.95. The van der Waals surface area contributed by atoms with E-state index in [2.05, 4.69) is 50.1 Å². The largest absolute Gasteiger partial charge is 0.358 e. The molecule has 0 saturated carbocycles. The van der Waals surface area contributed by atoms with Gasteiger partial charge < -0.3 is 4.98 Å². The number of hydrogen-bond acceptors (Lipinski definition) is 2. The van der Waals surface area contributed by atoms with Crippen LogP contribution in [0.1, 0.15) is 5.69 Å². The molecule has 0 radical (unpaired) electrons. The van der Waals surface area contributed by atoms with Gasteiger partial charge in [0.25, 0.3) is 0 Å². The van der Waals surface area contributed by atoms with Gasteiger partial charge in [0.15, 0.2) is 5.65 Å². The summed E-state index contributed by atoms with van der Waals surface area (Å²) in [5.41, 5.74) is 5.16. The summed E-state index contributed by atoms with van der Waals surface area (Å²) in [6.07, 6.45) is 1.76. The van der Waals surface area contributed by atoms with Gasteiger partial charge in [-0.2, -0.15) is 5.10 Å². The van der Waals surface area contributed by atoms with Gasteiger partial charge in [0, 0.05) is 22.2 Å². The fourth-order valence-electron chi connectivity index (χ4n) is 2.59. The van der Waals surface area contributed by atoms with Crippen molar-refractivity contribution in [3.05, 3.63) is 52.9 Å². The van der Waals surface area contributed by atoms with Crippen LogP contribution in [-0.4, -0.2) is 19.6 Å². The minimum absolute atomic E-state index is 0.832. The van der Waals surface area contributed by atoms with Crippen molar-refractivity contribution in [2.24, 2.45) is 0 Å². The average Bonchev–Trinajstić information content (AvgIpc) is 2.98.